The maximum absolute atomic E-state index is 13.3. The van der Waals surface area contributed by atoms with E-state index in [9.17, 15) is 17.6 Å². The Kier molecular flexibility index (Phi) is 4.31. The molecular weight excluding hydrogens is 309 g/mol. The van der Waals surface area contributed by atoms with Gasteiger partial charge in [0.1, 0.15) is 5.82 Å². The second-order valence-electron chi connectivity index (χ2n) is 4.69. The lowest BCUT2D eigenvalue weighted by Gasteiger charge is -2.16. The van der Waals surface area contributed by atoms with Crippen LogP contribution in [0.25, 0.3) is 0 Å². The highest BCUT2D eigenvalue weighted by Crippen LogP contribution is 2.23. The summed E-state index contributed by atoms with van der Waals surface area (Å²) >= 11 is 5.53. The van der Waals surface area contributed by atoms with Crippen LogP contribution >= 0.6 is 11.6 Å². The molecule has 0 aromatic heterocycles. The van der Waals surface area contributed by atoms with E-state index in [1.165, 1.54) is 12.1 Å². The van der Waals surface area contributed by atoms with Crippen LogP contribution in [0.2, 0.25) is 5.02 Å². The quantitative estimate of drug-likeness (QED) is 0.916. The SMILES string of the molecule is O=C(O)C1CCN(S(=O)(=O)Cc2ccc(Cl)c(F)c2)C1. The van der Waals surface area contributed by atoms with Crippen LogP contribution in [0.4, 0.5) is 4.39 Å². The molecule has 2 rings (SSSR count). The molecule has 1 aromatic carbocycles. The fraction of sp³-hybridized carbons (Fsp3) is 0.417. The van der Waals surface area contributed by atoms with Gasteiger partial charge in [-0.1, -0.05) is 17.7 Å². The zero-order valence-corrected chi connectivity index (χ0v) is 12.0. The standard InChI is InChI=1S/C12H13ClFNO4S/c13-10-2-1-8(5-11(10)14)7-20(18,19)15-4-3-9(6-15)12(16)17/h1-2,5,9H,3-4,6-7H2,(H,16,17). The number of sulfonamides is 1. The summed E-state index contributed by atoms with van der Waals surface area (Å²) < 4.78 is 38.7. The topological polar surface area (TPSA) is 74.7 Å². The summed E-state index contributed by atoms with van der Waals surface area (Å²) in [6.07, 6.45) is 0.295. The summed E-state index contributed by atoms with van der Waals surface area (Å²) in [6, 6.07) is 3.81. The van der Waals surface area contributed by atoms with Gasteiger partial charge in [-0.15, -0.1) is 0 Å². The van der Waals surface area contributed by atoms with Crippen molar-refractivity contribution in [1.29, 1.82) is 0 Å². The highest BCUT2D eigenvalue weighted by molar-refractivity contribution is 7.88. The highest BCUT2D eigenvalue weighted by Gasteiger charge is 2.34. The van der Waals surface area contributed by atoms with Crippen molar-refractivity contribution >= 4 is 27.6 Å². The molecule has 1 aromatic rings. The first kappa shape index (κ1) is 15.2. The number of carbonyl (C=O) groups is 1. The summed E-state index contributed by atoms with van der Waals surface area (Å²) in [5, 5.41) is 8.80. The molecule has 0 bridgehead atoms. The van der Waals surface area contributed by atoms with E-state index in [4.69, 9.17) is 16.7 Å². The van der Waals surface area contributed by atoms with Gasteiger partial charge < -0.3 is 5.11 Å². The Morgan fingerprint density at radius 3 is 2.75 bits per heavy atom. The predicted octanol–water partition coefficient (Wildman–Crippen LogP) is 1.72. The Balaban J connectivity index is 2.12. The summed E-state index contributed by atoms with van der Waals surface area (Å²) in [5.41, 5.74) is 0.283. The van der Waals surface area contributed by atoms with E-state index in [1.54, 1.807) is 0 Å². The average Bonchev–Trinajstić information content (AvgIpc) is 2.84. The molecule has 5 nitrogen and oxygen atoms in total. The van der Waals surface area contributed by atoms with E-state index in [1.807, 2.05) is 0 Å². The van der Waals surface area contributed by atoms with Crippen LogP contribution in [0.5, 0.6) is 0 Å². The minimum Gasteiger partial charge on any atom is -0.481 e. The van der Waals surface area contributed by atoms with Gasteiger partial charge in [0.2, 0.25) is 10.0 Å². The van der Waals surface area contributed by atoms with Gasteiger partial charge in [-0.2, -0.15) is 0 Å². The normalized spacial score (nSPS) is 20.2. The molecule has 0 saturated carbocycles. The Hall–Kier alpha value is -1.18. The first-order valence-electron chi connectivity index (χ1n) is 5.94. The number of aliphatic carboxylic acids is 1. The fourth-order valence-corrected chi connectivity index (χ4v) is 3.81. The molecule has 0 amide bonds. The van der Waals surface area contributed by atoms with Crippen LogP contribution in [-0.4, -0.2) is 36.9 Å². The molecule has 0 spiro atoms. The van der Waals surface area contributed by atoms with Crippen molar-refractivity contribution in [3.63, 3.8) is 0 Å². The molecule has 0 aliphatic carbocycles. The Morgan fingerprint density at radius 2 is 2.20 bits per heavy atom. The van der Waals surface area contributed by atoms with Crippen molar-refractivity contribution in [2.24, 2.45) is 5.92 Å². The van der Waals surface area contributed by atoms with Crippen LogP contribution in [0.1, 0.15) is 12.0 Å². The fourth-order valence-electron chi connectivity index (χ4n) is 2.11. The number of rotatable bonds is 4. The number of hydrogen-bond acceptors (Lipinski definition) is 3. The smallest absolute Gasteiger partial charge is 0.307 e. The lowest BCUT2D eigenvalue weighted by atomic mass is 10.1. The monoisotopic (exact) mass is 321 g/mol. The zero-order chi connectivity index (χ0) is 14.9. The molecule has 0 radical (unpaired) electrons. The number of hydrogen-bond donors (Lipinski definition) is 1. The number of carboxylic acid groups (broad SMARTS) is 1. The first-order chi connectivity index (χ1) is 9.29. The van der Waals surface area contributed by atoms with Gasteiger partial charge in [0.25, 0.3) is 0 Å². The molecule has 110 valence electrons. The van der Waals surface area contributed by atoms with Crippen LogP contribution in [0.3, 0.4) is 0 Å². The molecule has 1 aliphatic heterocycles. The third-order valence-corrected chi connectivity index (χ3v) is 5.35. The maximum Gasteiger partial charge on any atom is 0.307 e. The van der Waals surface area contributed by atoms with Crippen molar-refractivity contribution < 1.29 is 22.7 Å². The molecule has 8 heteroatoms. The Bertz CT molecular complexity index is 634. The van der Waals surface area contributed by atoms with Gasteiger partial charge >= 0.3 is 5.97 Å². The number of benzene rings is 1. The van der Waals surface area contributed by atoms with E-state index in [0.29, 0.717) is 6.42 Å². The summed E-state index contributed by atoms with van der Waals surface area (Å²) in [7, 11) is -3.65. The predicted molar refractivity (Wildman–Crippen MR) is 71.3 cm³/mol. The van der Waals surface area contributed by atoms with Gasteiger partial charge in [-0.05, 0) is 24.1 Å². The van der Waals surface area contributed by atoms with Crippen molar-refractivity contribution in [3.05, 3.63) is 34.6 Å². The van der Waals surface area contributed by atoms with E-state index < -0.39 is 27.7 Å². The van der Waals surface area contributed by atoms with E-state index >= 15 is 0 Å². The zero-order valence-electron chi connectivity index (χ0n) is 10.4. The number of halogens is 2. The lowest BCUT2D eigenvalue weighted by molar-refractivity contribution is -0.141. The molecule has 1 fully saturated rings. The average molecular weight is 322 g/mol. The van der Waals surface area contributed by atoms with E-state index in [2.05, 4.69) is 0 Å². The Labute approximate surface area is 121 Å². The number of nitrogens with zero attached hydrogens (tertiary/aromatic N) is 1. The third kappa shape index (κ3) is 3.28. The van der Waals surface area contributed by atoms with Gasteiger partial charge in [0.15, 0.2) is 0 Å². The molecule has 1 N–H and O–H groups in total. The van der Waals surface area contributed by atoms with Crippen molar-refractivity contribution in [2.45, 2.75) is 12.2 Å². The molecule has 1 saturated heterocycles. The van der Waals surface area contributed by atoms with Crippen LogP contribution in [0.15, 0.2) is 18.2 Å². The summed E-state index contributed by atoms with van der Waals surface area (Å²) in [4.78, 5) is 10.8. The first-order valence-corrected chi connectivity index (χ1v) is 7.93. The second-order valence-corrected chi connectivity index (χ2v) is 7.06. The van der Waals surface area contributed by atoms with Gasteiger partial charge in [0, 0.05) is 13.1 Å². The summed E-state index contributed by atoms with van der Waals surface area (Å²) in [5.74, 6) is -2.72. The summed E-state index contributed by atoms with van der Waals surface area (Å²) in [6.45, 7) is 0.142. The third-order valence-electron chi connectivity index (χ3n) is 3.23. The van der Waals surface area contributed by atoms with Crippen molar-refractivity contribution in [1.82, 2.24) is 4.31 Å². The van der Waals surface area contributed by atoms with Crippen LogP contribution < -0.4 is 0 Å². The molecular formula is C12H13ClFNO4S. The Morgan fingerprint density at radius 1 is 1.50 bits per heavy atom. The molecule has 1 atom stereocenters. The van der Waals surface area contributed by atoms with E-state index in [-0.39, 0.29) is 29.4 Å². The second kappa shape index (κ2) is 5.67. The van der Waals surface area contributed by atoms with Crippen molar-refractivity contribution in [2.75, 3.05) is 13.1 Å². The van der Waals surface area contributed by atoms with Crippen LogP contribution in [-0.2, 0) is 20.6 Å². The van der Waals surface area contributed by atoms with Gasteiger partial charge in [-0.3, -0.25) is 4.79 Å². The van der Waals surface area contributed by atoms with Gasteiger partial charge in [0.05, 0.1) is 16.7 Å². The van der Waals surface area contributed by atoms with Crippen LogP contribution in [0, 0.1) is 11.7 Å². The molecule has 20 heavy (non-hydrogen) atoms. The van der Waals surface area contributed by atoms with E-state index in [0.717, 1.165) is 10.4 Å². The number of carboxylic acids is 1. The minimum atomic E-state index is -3.65. The molecule has 1 unspecified atom stereocenters. The molecule has 1 aliphatic rings. The largest absolute Gasteiger partial charge is 0.481 e. The lowest BCUT2D eigenvalue weighted by Crippen LogP contribution is -2.31. The minimum absolute atomic E-state index is 0.0340. The van der Waals surface area contributed by atoms with Gasteiger partial charge in [-0.25, -0.2) is 17.1 Å². The maximum atomic E-state index is 13.3. The van der Waals surface area contributed by atoms with Crippen molar-refractivity contribution in [3.8, 4) is 0 Å². The molecule has 1 heterocycles. The highest BCUT2D eigenvalue weighted by atomic mass is 35.5.